The van der Waals surface area contributed by atoms with E-state index in [4.69, 9.17) is 25.7 Å². The van der Waals surface area contributed by atoms with E-state index in [0.717, 1.165) is 0 Å². The second-order valence-corrected chi connectivity index (χ2v) is 5.35. The highest BCUT2D eigenvalue weighted by Gasteiger charge is 2.63. The Kier molecular flexibility index (Phi) is 3.75. The molecule has 1 saturated heterocycles. The Labute approximate surface area is 90.2 Å². The van der Waals surface area contributed by atoms with Gasteiger partial charge in [0.05, 0.1) is 12.6 Å². The van der Waals surface area contributed by atoms with Crippen LogP contribution < -0.4 is 5.73 Å². The van der Waals surface area contributed by atoms with Gasteiger partial charge in [-0.15, -0.1) is 0 Å². The number of nitrogens with two attached hydrogens (primary N) is 1. The van der Waals surface area contributed by atoms with E-state index in [1.165, 1.54) is 0 Å². The minimum Gasteiger partial charge on any atom is -0.394 e. The molecule has 0 radical (unpaired) electrons. The van der Waals surface area contributed by atoms with Crippen LogP contribution in [-0.4, -0.2) is 66.7 Å². The number of ether oxygens (including phenoxy) is 1. The fourth-order valence-electron chi connectivity index (χ4n) is 1.53. The zero-order chi connectivity index (χ0) is 12.7. The van der Waals surface area contributed by atoms with E-state index in [1.54, 1.807) is 0 Å². The van der Waals surface area contributed by atoms with Gasteiger partial charge in [0, 0.05) is 0 Å². The molecule has 0 aromatic carbocycles. The van der Waals surface area contributed by atoms with Gasteiger partial charge in [-0.2, -0.15) is 0 Å². The zero-order valence-corrected chi connectivity index (χ0v) is 8.94. The van der Waals surface area contributed by atoms with Crippen LogP contribution in [0, 0.1) is 0 Å². The molecule has 1 aliphatic heterocycles. The number of aliphatic hydroxyl groups excluding tert-OH is 3. The SMILES string of the molecule is N[C@H]1[C@@H](O)[C@@](O)(P(=O)(O)O)[C@@H](CO)O[C@@H]1O. The third kappa shape index (κ3) is 1.90. The average Bonchev–Trinajstić information content (AvgIpc) is 2.18. The predicted molar refractivity (Wildman–Crippen MR) is 48.9 cm³/mol. The van der Waals surface area contributed by atoms with Crippen LogP contribution in [-0.2, 0) is 9.30 Å². The van der Waals surface area contributed by atoms with Gasteiger partial charge in [-0.25, -0.2) is 0 Å². The summed E-state index contributed by atoms with van der Waals surface area (Å²) in [7, 11) is -5.22. The summed E-state index contributed by atoms with van der Waals surface area (Å²) in [6.07, 6.45) is -5.70. The van der Waals surface area contributed by atoms with E-state index < -0.39 is 44.1 Å². The van der Waals surface area contributed by atoms with Gasteiger partial charge >= 0.3 is 7.60 Å². The summed E-state index contributed by atoms with van der Waals surface area (Å²) in [6.45, 7) is -0.998. The van der Waals surface area contributed by atoms with Crippen molar-refractivity contribution in [2.45, 2.75) is 29.9 Å². The molecule has 16 heavy (non-hydrogen) atoms. The maximum Gasteiger partial charge on any atom is 0.362 e. The Morgan fingerprint density at radius 1 is 1.38 bits per heavy atom. The van der Waals surface area contributed by atoms with Crippen molar-refractivity contribution in [1.82, 2.24) is 0 Å². The Balaban J connectivity index is 3.17. The monoisotopic (exact) mass is 259 g/mol. The third-order valence-corrected chi connectivity index (χ3v) is 4.02. The number of hydrogen-bond donors (Lipinski definition) is 7. The maximum absolute atomic E-state index is 11.1. The van der Waals surface area contributed by atoms with Gasteiger partial charge < -0.3 is 40.7 Å². The van der Waals surface area contributed by atoms with Gasteiger partial charge in [0.25, 0.3) is 0 Å². The highest BCUT2D eigenvalue weighted by atomic mass is 31.2. The number of hydrogen-bond acceptors (Lipinski definition) is 7. The summed E-state index contributed by atoms with van der Waals surface area (Å²) in [5.41, 5.74) is 5.20. The van der Waals surface area contributed by atoms with Crippen molar-refractivity contribution in [2.24, 2.45) is 5.73 Å². The van der Waals surface area contributed by atoms with E-state index >= 15 is 0 Å². The van der Waals surface area contributed by atoms with Gasteiger partial charge in [-0.1, -0.05) is 0 Å². The molecule has 1 rings (SSSR count). The van der Waals surface area contributed by atoms with E-state index in [1.807, 2.05) is 0 Å². The van der Waals surface area contributed by atoms with Crippen molar-refractivity contribution < 1.29 is 39.5 Å². The molecule has 0 aromatic rings. The molecule has 0 bridgehead atoms. The number of aliphatic hydroxyl groups is 4. The molecule has 1 fully saturated rings. The first-order chi connectivity index (χ1) is 7.16. The van der Waals surface area contributed by atoms with Crippen molar-refractivity contribution >= 4 is 7.60 Å². The molecule has 8 N–H and O–H groups in total. The summed E-state index contributed by atoms with van der Waals surface area (Å²) in [6, 6.07) is -1.60. The number of rotatable bonds is 2. The van der Waals surface area contributed by atoms with E-state index in [2.05, 4.69) is 4.74 Å². The third-order valence-electron chi connectivity index (χ3n) is 2.54. The van der Waals surface area contributed by atoms with Gasteiger partial charge in [-0.05, 0) is 0 Å². The lowest BCUT2D eigenvalue weighted by Crippen LogP contribution is -2.68. The van der Waals surface area contributed by atoms with Crippen LogP contribution in [0.5, 0.6) is 0 Å². The Morgan fingerprint density at radius 2 is 1.88 bits per heavy atom. The normalized spacial score (nSPS) is 45.7. The fourth-order valence-corrected chi connectivity index (χ4v) is 2.56. The standard InChI is InChI=1S/C6H14NO8P/c7-3-4(9)6(11,16(12,13)14)2(1-8)15-5(3)10/h2-5,8-11H,1,7H2,(H2,12,13,14)/t2-,3+,4-,5+,6+/m1/s1. The largest absolute Gasteiger partial charge is 0.394 e. The molecule has 0 aromatic heterocycles. The summed E-state index contributed by atoms with van der Waals surface area (Å²) >= 11 is 0. The van der Waals surface area contributed by atoms with Gasteiger partial charge in [0.1, 0.15) is 12.2 Å². The Morgan fingerprint density at radius 3 is 2.25 bits per heavy atom. The first kappa shape index (κ1) is 14.0. The molecule has 0 amide bonds. The molecule has 0 spiro atoms. The van der Waals surface area contributed by atoms with Crippen molar-refractivity contribution in [1.29, 1.82) is 0 Å². The predicted octanol–water partition coefficient (Wildman–Crippen LogP) is -3.75. The highest BCUT2D eigenvalue weighted by Crippen LogP contribution is 2.55. The van der Waals surface area contributed by atoms with Gasteiger partial charge in [-0.3, -0.25) is 4.57 Å². The second-order valence-electron chi connectivity index (χ2n) is 3.55. The van der Waals surface area contributed by atoms with Gasteiger partial charge in [0.2, 0.25) is 5.34 Å². The second kappa shape index (κ2) is 4.30. The van der Waals surface area contributed by atoms with Crippen LogP contribution in [0.15, 0.2) is 0 Å². The quantitative estimate of drug-likeness (QED) is 0.246. The minimum absolute atomic E-state index is 0.998. The molecule has 0 saturated carbocycles. The first-order valence-electron chi connectivity index (χ1n) is 4.32. The van der Waals surface area contributed by atoms with Gasteiger partial charge in [0.15, 0.2) is 6.29 Å². The Hall–Kier alpha value is -0.0900. The lowest BCUT2D eigenvalue weighted by atomic mass is 9.97. The van der Waals surface area contributed by atoms with Crippen molar-refractivity contribution in [3.63, 3.8) is 0 Å². The molecule has 10 heteroatoms. The average molecular weight is 259 g/mol. The minimum atomic E-state index is -5.22. The molecule has 0 aliphatic carbocycles. The van der Waals surface area contributed by atoms with E-state index in [0.29, 0.717) is 0 Å². The molecule has 5 atom stereocenters. The molecular weight excluding hydrogens is 245 g/mol. The van der Waals surface area contributed by atoms with E-state index in [9.17, 15) is 14.8 Å². The van der Waals surface area contributed by atoms with E-state index in [-0.39, 0.29) is 0 Å². The van der Waals surface area contributed by atoms with Crippen molar-refractivity contribution in [3.05, 3.63) is 0 Å². The lowest BCUT2D eigenvalue weighted by molar-refractivity contribution is -0.266. The topological polar surface area (TPSA) is 174 Å². The van der Waals surface area contributed by atoms with Crippen LogP contribution in [0.4, 0.5) is 0 Å². The van der Waals surface area contributed by atoms with Crippen LogP contribution >= 0.6 is 7.60 Å². The smallest absolute Gasteiger partial charge is 0.362 e. The van der Waals surface area contributed by atoms with Crippen LogP contribution in [0.1, 0.15) is 0 Å². The van der Waals surface area contributed by atoms with Crippen molar-refractivity contribution in [2.75, 3.05) is 6.61 Å². The molecule has 0 unspecified atom stereocenters. The fraction of sp³-hybridized carbons (Fsp3) is 1.00. The molecule has 9 nitrogen and oxygen atoms in total. The lowest BCUT2D eigenvalue weighted by Gasteiger charge is -2.46. The zero-order valence-electron chi connectivity index (χ0n) is 8.04. The molecule has 1 aliphatic rings. The summed E-state index contributed by atoms with van der Waals surface area (Å²) < 4.78 is 15.6. The summed E-state index contributed by atoms with van der Waals surface area (Å²) in [5.74, 6) is 0. The maximum atomic E-state index is 11.1. The molecular formula is C6H14NO8P. The Bertz CT molecular complexity index is 303. The highest BCUT2D eigenvalue weighted by molar-refractivity contribution is 7.53. The first-order valence-corrected chi connectivity index (χ1v) is 5.93. The van der Waals surface area contributed by atoms with Crippen LogP contribution in [0.25, 0.3) is 0 Å². The van der Waals surface area contributed by atoms with Crippen LogP contribution in [0.2, 0.25) is 0 Å². The molecule has 96 valence electrons. The summed E-state index contributed by atoms with van der Waals surface area (Å²) in [5, 5.41) is 34.2. The van der Waals surface area contributed by atoms with Crippen LogP contribution in [0.3, 0.4) is 0 Å². The van der Waals surface area contributed by atoms with Crippen molar-refractivity contribution in [3.8, 4) is 0 Å². The summed E-state index contributed by atoms with van der Waals surface area (Å²) in [4.78, 5) is 17.9. The molecule has 1 heterocycles.